The molecule has 0 saturated heterocycles. The zero-order chi connectivity index (χ0) is 15.9. The number of likely N-dealkylation sites (N-methyl/N-ethyl adjacent to an activating group) is 1. The van der Waals surface area contributed by atoms with E-state index in [-0.39, 0.29) is 5.91 Å². The van der Waals surface area contributed by atoms with E-state index in [1.165, 1.54) is 0 Å². The number of benzene rings is 1. The van der Waals surface area contributed by atoms with Crippen LogP contribution in [0.3, 0.4) is 0 Å². The first kappa shape index (κ1) is 14.3. The van der Waals surface area contributed by atoms with Gasteiger partial charge < -0.3 is 9.64 Å². The Kier molecular flexibility index (Phi) is 3.44. The molecule has 1 atom stereocenters. The summed E-state index contributed by atoms with van der Waals surface area (Å²) in [6, 6.07) is 7.31. The molecule has 2 aromatic rings. The van der Waals surface area contributed by atoms with Crippen molar-refractivity contribution < 1.29 is 14.3 Å². The van der Waals surface area contributed by atoms with Crippen LogP contribution in [0.2, 0.25) is 0 Å². The van der Waals surface area contributed by atoms with Gasteiger partial charge in [0.15, 0.2) is 12.4 Å². The van der Waals surface area contributed by atoms with Gasteiger partial charge in [-0.15, -0.1) is 0 Å². The van der Waals surface area contributed by atoms with Gasteiger partial charge in [-0.25, -0.2) is 0 Å². The summed E-state index contributed by atoms with van der Waals surface area (Å²) in [5, 5.41) is 4.42. The third-order valence-electron chi connectivity index (χ3n) is 3.83. The van der Waals surface area contributed by atoms with Crippen LogP contribution in [-0.4, -0.2) is 35.1 Å². The number of anilines is 1. The van der Waals surface area contributed by atoms with Crippen molar-refractivity contribution in [2.24, 2.45) is 0 Å². The SMILES string of the molecule is CCn1nc(-c2ccc3c(c2)N(C)C(=O)C(C)O3)cc1C=O. The van der Waals surface area contributed by atoms with E-state index >= 15 is 0 Å². The Morgan fingerprint density at radius 2 is 2.14 bits per heavy atom. The summed E-state index contributed by atoms with van der Waals surface area (Å²) in [5.74, 6) is 0.584. The van der Waals surface area contributed by atoms with E-state index in [4.69, 9.17) is 4.74 Å². The second kappa shape index (κ2) is 5.29. The van der Waals surface area contributed by atoms with Crippen LogP contribution in [-0.2, 0) is 11.3 Å². The number of nitrogens with zero attached hydrogens (tertiary/aromatic N) is 3. The normalized spacial score (nSPS) is 17.1. The fourth-order valence-corrected chi connectivity index (χ4v) is 2.59. The molecule has 0 bridgehead atoms. The van der Waals surface area contributed by atoms with Gasteiger partial charge >= 0.3 is 0 Å². The van der Waals surface area contributed by atoms with E-state index in [1.807, 2.05) is 25.1 Å². The highest BCUT2D eigenvalue weighted by Crippen LogP contribution is 2.36. The summed E-state index contributed by atoms with van der Waals surface area (Å²) >= 11 is 0. The largest absolute Gasteiger partial charge is 0.479 e. The van der Waals surface area contributed by atoms with Crippen molar-refractivity contribution >= 4 is 17.9 Å². The zero-order valence-corrected chi connectivity index (χ0v) is 12.7. The van der Waals surface area contributed by atoms with Crippen LogP contribution in [0.5, 0.6) is 5.75 Å². The smallest absolute Gasteiger partial charge is 0.267 e. The van der Waals surface area contributed by atoms with Crippen LogP contribution in [0.15, 0.2) is 24.3 Å². The lowest BCUT2D eigenvalue weighted by Gasteiger charge is -2.30. The Labute approximate surface area is 128 Å². The lowest BCUT2D eigenvalue weighted by Crippen LogP contribution is -2.41. The van der Waals surface area contributed by atoms with Gasteiger partial charge in [0.05, 0.1) is 11.4 Å². The molecule has 2 heterocycles. The van der Waals surface area contributed by atoms with Gasteiger partial charge in [-0.3, -0.25) is 14.3 Å². The van der Waals surface area contributed by atoms with Crippen molar-refractivity contribution in [2.45, 2.75) is 26.5 Å². The molecule has 6 nitrogen and oxygen atoms in total. The predicted molar refractivity (Wildman–Crippen MR) is 82.2 cm³/mol. The van der Waals surface area contributed by atoms with Gasteiger partial charge in [-0.05, 0) is 38.1 Å². The van der Waals surface area contributed by atoms with E-state index in [0.29, 0.717) is 29.4 Å². The lowest BCUT2D eigenvalue weighted by atomic mass is 10.1. The number of ether oxygens (including phenoxy) is 1. The monoisotopic (exact) mass is 299 g/mol. The maximum Gasteiger partial charge on any atom is 0.267 e. The Morgan fingerprint density at radius 3 is 2.77 bits per heavy atom. The molecule has 3 rings (SSSR count). The molecule has 22 heavy (non-hydrogen) atoms. The molecular weight excluding hydrogens is 282 g/mol. The van der Waals surface area contributed by atoms with E-state index in [2.05, 4.69) is 5.10 Å². The summed E-state index contributed by atoms with van der Waals surface area (Å²) in [6.07, 6.45) is 0.308. The maximum atomic E-state index is 12.0. The second-order valence-corrected chi connectivity index (χ2v) is 5.23. The zero-order valence-electron chi connectivity index (χ0n) is 12.7. The maximum absolute atomic E-state index is 12.0. The third kappa shape index (κ3) is 2.16. The fourth-order valence-electron chi connectivity index (χ4n) is 2.59. The molecule has 1 unspecified atom stereocenters. The number of rotatable bonds is 3. The van der Waals surface area contributed by atoms with Crippen LogP contribution in [0.1, 0.15) is 24.3 Å². The summed E-state index contributed by atoms with van der Waals surface area (Å²) < 4.78 is 7.25. The van der Waals surface area contributed by atoms with Gasteiger partial charge in [-0.2, -0.15) is 5.10 Å². The van der Waals surface area contributed by atoms with E-state index in [9.17, 15) is 9.59 Å². The molecule has 0 N–H and O–H groups in total. The molecule has 1 amide bonds. The summed E-state index contributed by atoms with van der Waals surface area (Å²) in [6.45, 7) is 4.28. The number of aldehydes is 1. The first-order valence-corrected chi connectivity index (χ1v) is 7.16. The number of amides is 1. The first-order valence-electron chi connectivity index (χ1n) is 7.16. The number of carbonyl (C=O) groups excluding carboxylic acids is 2. The van der Waals surface area contributed by atoms with Crippen LogP contribution in [0.4, 0.5) is 5.69 Å². The summed E-state index contributed by atoms with van der Waals surface area (Å²) in [5.41, 5.74) is 2.78. The molecular formula is C16H17N3O3. The average Bonchev–Trinajstić information content (AvgIpc) is 2.96. The first-order chi connectivity index (χ1) is 10.5. The number of aryl methyl sites for hydroxylation is 1. The number of carbonyl (C=O) groups is 2. The predicted octanol–water partition coefficient (Wildman–Crippen LogP) is 2.13. The topological polar surface area (TPSA) is 64.4 Å². The van der Waals surface area contributed by atoms with E-state index < -0.39 is 6.10 Å². The molecule has 0 aliphatic carbocycles. The highest BCUT2D eigenvalue weighted by Gasteiger charge is 2.29. The Morgan fingerprint density at radius 1 is 1.36 bits per heavy atom. The van der Waals surface area contributed by atoms with Crippen LogP contribution in [0, 0.1) is 0 Å². The summed E-state index contributed by atoms with van der Waals surface area (Å²) in [4.78, 5) is 24.7. The minimum absolute atomic E-state index is 0.0858. The van der Waals surface area contributed by atoms with Crippen molar-refractivity contribution in [2.75, 3.05) is 11.9 Å². The van der Waals surface area contributed by atoms with Gasteiger partial charge in [0.25, 0.3) is 5.91 Å². The number of aromatic nitrogens is 2. The number of hydrogen-bond donors (Lipinski definition) is 0. The molecule has 0 spiro atoms. The van der Waals surface area contributed by atoms with Crippen molar-refractivity contribution in [1.29, 1.82) is 0 Å². The highest BCUT2D eigenvalue weighted by atomic mass is 16.5. The van der Waals surface area contributed by atoms with Crippen LogP contribution in [0.25, 0.3) is 11.3 Å². The van der Waals surface area contributed by atoms with Crippen molar-refractivity contribution in [3.05, 3.63) is 30.0 Å². The highest BCUT2D eigenvalue weighted by molar-refractivity contribution is 6.00. The van der Waals surface area contributed by atoms with Crippen molar-refractivity contribution in [3.8, 4) is 17.0 Å². The molecule has 0 radical (unpaired) electrons. The van der Waals surface area contributed by atoms with Crippen molar-refractivity contribution in [3.63, 3.8) is 0 Å². The third-order valence-corrected chi connectivity index (χ3v) is 3.83. The van der Waals surface area contributed by atoms with Gasteiger partial charge in [0.2, 0.25) is 0 Å². The minimum Gasteiger partial charge on any atom is -0.479 e. The lowest BCUT2D eigenvalue weighted by molar-refractivity contribution is -0.125. The van der Waals surface area contributed by atoms with Gasteiger partial charge in [0.1, 0.15) is 11.4 Å². The Bertz CT molecular complexity index is 751. The average molecular weight is 299 g/mol. The van der Waals surface area contributed by atoms with Crippen LogP contribution >= 0.6 is 0 Å². The minimum atomic E-state index is -0.482. The Balaban J connectivity index is 2.06. The molecule has 6 heteroatoms. The molecule has 1 aromatic heterocycles. The van der Waals surface area contributed by atoms with Crippen molar-refractivity contribution in [1.82, 2.24) is 9.78 Å². The summed E-state index contributed by atoms with van der Waals surface area (Å²) in [7, 11) is 1.73. The van der Waals surface area contributed by atoms with E-state index in [0.717, 1.165) is 11.8 Å². The molecule has 1 aromatic carbocycles. The molecule has 0 saturated carbocycles. The number of hydrogen-bond acceptors (Lipinski definition) is 4. The van der Waals surface area contributed by atoms with Gasteiger partial charge in [0, 0.05) is 19.2 Å². The quantitative estimate of drug-likeness (QED) is 0.814. The second-order valence-electron chi connectivity index (χ2n) is 5.23. The molecule has 1 aliphatic heterocycles. The standard InChI is InChI=1S/C16H17N3O3/c1-4-19-12(9-20)8-13(17-19)11-5-6-15-14(7-11)18(3)16(21)10(2)22-15/h5-10H,4H2,1-3H3. The van der Waals surface area contributed by atoms with Crippen LogP contribution < -0.4 is 9.64 Å². The number of fused-ring (bicyclic) bond motifs is 1. The van der Waals surface area contributed by atoms with E-state index in [1.54, 1.807) is 29.6 Å². The molecule has 1 aliphatic rings. The van der Waals surface area contributed by atoms with Gasteiger partial charge in [-0.1, -0.05) is 0 Å². The molecule has 0 fully saturated rings. The molecule has 114 valence electrons. The Hall–Kier alpha value is -2.63. The fraction of sp³-hybridized carbons (Fsp3) is 0.312.